The third-order valence-electron chi connectivity index (χ3n) is 2.40. The Morgan fingerprint density at radius 1 is 1.73 bits per heavy atom. The highest BCUT2D eigenvalue weighted by Gasteiger charge is 2.27. The minimum absolute atomic E-state index is 0.0520. The predicted molar refractivity (Wildman–Crippen MR) is 52.8 cm³/mol. The van der Waals surface area contributed by atoms with Gasteiger partial charge >= 0.3 is 0 Å². The molecule has 2 atom stereocenters. The number of amides is 2. The van der Waals surface area contributed by atoms with E-state index in [0.717, 1.165) is 0 Å². The number of aldehydes is 1. The van der Waals surface area contributed by atoms with Crippen molar-refractivity contribution in [3.8, 4) is 0 Å². The zero-order valence-corrected chi connectivity index (χ0v) is 8.36. The van der Waals surface area contributed by atoms with Gasteiger partial charge in [0.15, 0.2) is 0 Å². The molecule has 0 spiro atoms. The first-order valence-electron chi connectivity index (χ1n) is 4.89. The Kier molecular flexibility index (Phi) is 4.23. The Bertz CT molecular complexity index is 267. The number of carbonyl (C=O) groups excluding carboxylic acids is 3. The molecule has 1 fully saturated rings. The van der Waals surface area contributed by atoms with Crippen LogP contribution in [0.25, 0.3) is 0 Å². The molecule has 1 heterocycles. The second kappa shape index (κ2) is 5.45. The molecule has 84 valence electrons. The molecule has 6 heteroatoms. The first-order valence-corrected chi connectivity index (χ1v) is 4.89. The van der Waals surface area contributed by atoms with Gasteiger partial charge in [0.1, 0.15) is 6.29 Å². The molecule has 15 heavy (non-hydrogen) atoms. The molecule has 0 aromatic heterocycles. The van der Waals surface area contributed by atoms with Crippen molar-refractivity contribution in [2.75, 3.05) is 13.1 Å². The molecule has 0 bridgehead atoms. The van der Waals surface area contributed by atoms with Gasteiger partial charge in [0.2, 0.25) is 11.8 Å². The van der Waals surface area contributed by atoms with E-state index < -0.39 is 6.04 Å². The maximum atomic E-state index is 11.2. The van der Waals surface area contributed by atoms with Crippen molar-refractivity contribution >= 4 is 18.1 Å². The lowest BCUT2D eigenvalue weighted by Crippen LogP contribution is -2.41. The van der Waals surface area contributed by atoms with Gasteiger partial charge in [-0.15, -0.1) is 0 Å². The molecule has 0 radical (unpaired) electrons. The minimum atomic E-state index is -0.616. The maximum absolute atomic E-state index is 11.2. The number of nitrogens with two attached hydrogens (primary N) is 1. The summed E-state index contributed by atoms with van der Waals surface area (Å²) >= 11 is 0. The Hall–Kier alpha value is -1.43. The van der Waals surface area contributed by atoms with Gasteiger partial charge in [-0.25, -0.2) is 0 Å². The van der Waals surface area contributed by atoms with Crippen LogP contribution in [0, 0.1) is 5.92 Å². The molecular formula is C9H15N3O3. The number of hydrogen-bond acceptors (Lipinski definition) is 4. The van der Waals surface area contributed by atoms with Gasteiger partial charge in [0, 0.05) is 12.5 Å². The van der Waals surface area contributed by atoms with Crippen LogP contribution in [-0.2, 0) is 14.4 Å². The van der Waals surface area contributed by atoms with Crippen molar-refractivity contribution in [1.82, 2.24) is 10.6 Å². The summed E-state index contributed by atoms with van der Waals surface area (Å²) in [5, 5.41) is 5.13. The first kappa shape index (κ1) is 11.6. The molecule has 4 N–H and O–H groups in total. The van der Waals surface area contributed by atoms with Gasteiger partial charge in [-0.2, -0.15) is 0 Å². The maximum Gasteiger partial charge on any atom is 0.234 e. The summed E-state index contributed by atoms with van der Waals surface area (Å²) in [5.41, 5.74) is 5.10. The summed E-state index contributed by atoms with van der Waals surface area (Å²) < 4.78 is 0. The molecule has 0 aliphatic carbocycles. The van der Waals surface area contributed by atoms with Gasteiger partial charge in [0.05, 0.1) is 12.6 Å². The van der Waals surface area contributed by atoms with E-state index >= 15 is 0 Å². The van der Waals surface area contributed by atoms with Crippen molar-refractivity contribution in [3.05, 3.63) is 0 Å². The van der Waals surface area contributed by atoms with Crippen LogP contribution in [0.15, 0.2) is 0 Å². The number of carbonyl (C=O) groups is 3. The fourth-order valence-electron chi connectivity index (χ4n) is 1.59. The standard InChI is InChI=1S/C9H15N3O3/c10-4-8(14)12-7(5-13)3-6-1-2-11-9(6)15/h5-7H,1-4,10H2,(H,11,15)(H,12,14)/t6-,7-/m0/s1. The summed E-state index contributed by atoms with van der Waals surface area (Å²) in [6, 6.07) is -0.616. The second-order valence-corrected chi connectivity index (χ2v) is 3.53. The van der Waals surface area contributed by atoms with Crippen LogP contribution in [0.1, 0.15) is 12.8 Å². The molecule has 1 rings (SSSR count). The van der Waals surface area contributed by atoms with Crippen LogP contribution in [0.3, 0.4) is 0 Å². The van der Waals surface area contributed by atoms with E-state index in [2.05, 4.69) is 10.6 Å². The predicted octanol–water partition coefficient (Wildman–Crippen LogP) is -1.84. The Morgan fingerprint density at radius 2 is 2.47 bits per heavy atom. The third-order valence-corrected chi connectivity index (χ3v) is 2.40. The lowest BCUT2D eigenvalue weighted by molar-refractivity contribution is -0.125. The lowest BCUT2D eigenvalue weighted by Gasteiger charge is -2.14. The summed E-state index contributed by atoms with van der Waals surface area (Å²) in [6.45, 7) is 0.487. The molecule has 0 aromatic rings. The fourth-order valence-corrected chi connectivity index (χ4v) is 1.59. The van der Waals surface area contributed by atoms with Gasteiger partial charge in [-0.05, 0) is 12.8 Å². The van der Waals surface area contributed by atoms with Gasteiger partial charge in [0.25, 0.3) is 0 Å². The van der Waals surface area contributed by atoms with Crippen LogP contribution < -0.4 is 16.4 Å². The van der Waals surface area contributed by atoms with Crippen molar-refractivity contribution in [1.29, 1.82) is 0 Å². The summed E-state index contributed by atoms with van der Waals surface area (Å²) in [7, 11) is 0. The molecule has 1 aliphatic heterocycles. The van der Waals surface area contributed by atoms with E-state index in [9.17, 15) is 14.4 Å². The Morgan fingerprint density at radius 3 is 2.93 bits per heavy atom. The van der Waals surface area contributed by atoms with Crippen molar-refractivity contribution < 1.29 is 14.4 Å². The average Bonchev–Trinajstić information content (AvgIpc) is 2.63. The highest BCUT2D eigenvalue weighted by Crippen LogP contribution is 2.15. The molecule has 0 unspecified atom stereocenters. The normalized spacial score (nSPS) is 21.9. The van der Waals surface area contributed by atoms with E-state index in [1.807, 2.05) is 0 Å². The minimum Gasteiger partial charge on any atom is -0.356 e. The van der Waals surface area contributed by atoms with Crippen molar-refractivity contribution in [2.24, 2.45) is 11.7 Å². The zero-order valence-electron chi connectivity index (χ0n) is 8.36. The number of hydrogen-bond donors (Lipinski definition) is 3. The first-order chi connectivity index (χ1) is 7.17. The largest absolute Gasteiger partial charge is 0.356 e. The number of rotatable bonds is 5. The molecule has 1 saturated heterocycles. The summed E-state index contributed by atoms with van der Waals surface area (Å²) in [6.07, 6.45) is 1.70. The van der Waals surface area contributed by atoms with Crippen LogP contribution in [-0.4, -0.2) is 37.2 Å². The quantitative estimate of drug-likeness (QED) is 0.467. The molecular weight excluding hydrogens is 198 g/mol. The Labute approximate surface area is 87.6 Å². The summed E-state index contributed by atoms with van der Waals surface area (Å²) in [4.78, 5) is 32.8. The van der Waals surface area contributed by atoms with Crippen LogP contribution >= 0.6 is 0 Å². The van der Waals surface area contributed by atoms with E-state index in [-0.39, 0.29) is 24.3 Å². The van der Waals surface area contributed by atoms with E-state index in [1.54, 1.807) is 0 Å². The van der Waals surface area contributed by atoms with E-state index in [4.69, 9.17) is 5.73 Å². The van der Waals surface area contributed by atoms with Gasteiger partial charge in [-0.1, -0.05) is 0 Å². The second-order valence-electron chi connectivity index (χ2n) is 3.53. The molecule has 0 saturated carbocycles. The summed E-state index contributed by atoms with van der Waals surface area (Å²) in [5.74, 6) is -0.618. The van der Waals surface area contributed by atoms with Gasteiger partial charge in [-0.3, -0.25) is 9.59 Å². The van der Waals surface area contributed by atoms with Crippen LogP contribution in [0.4, 0.5) is 0 Å². The SMILES string of the molecule is NCC(=O)N[C@H](C=O)C[C@@H]1CCNC1=O. The lowest BCUT2D eigenvalue weighted by atomic mass is 9.99. The van der Waals surface area contributed by atoms with Crippen LogP contribution in [0.2, 0.25) is 0 Å². The highest BCUT2D eigenvalue weighted by atomic mass is 16.2. The van der Waals surface area contributed by atoms with E-state index in [0.29, 0.717) is 25.7 Å². The molecule has 6 nitrogen and oxygen atoms in total. The highest BCUT2D eigenvalue weighted by molar-refractivity contribution is 5.83. The molecule has 0 aromatic carbocycles. The average molecular weight is 213 g/mol. The van der Waals surface area contributed by atoms with E-state index in [1.165, 1.54) is 0 Å². The van der Waals surface area contributed by atoms with Crippen molar-refractivity contribution in [2.45, 2.75) is 18.9 Å². The monoisotopic (exact) mass is 213 g/mol. The Balaban J connectivity index is 2.42. The molecule has 2 amide bonds. The van der Waals surface area contributed by atoms with Crippen molar-refractivity contribution in [3.63, 3.8) is 0 Å². The fraction of sp³-hybridized carbons (Fsp3) is 0.667. The zero-order chi connectivity index (χ0) is 11.3. The van der Waals surface area contributed by atoms with Gasteiger partial charge < -0.3 is 21.2 Å². The third kappa shape index (κ3) is 3.32. The molecule has 1 aliphatic rings. The topological polar surface area (TPSA) is 101 Å². The smallest absolute Gasteiger partial charge is 0.234 e. The number of nitrogens with one attached hydrogen (secondary N) is 2. The van der Waals surface area contributed by atoms with Crippen LogP contribution in [0.5, 0.6) is 0 Å².